The fraction of sp³-hybridized carbons (Fsp3) is 0.467. The van der Waals surface area contributed by atoms with Crippen molar-refractivity contribution in [3.05, 3.63) is 35.4 Å². The fourth-order valence-corrected chi connectivity index (χ4v) is 1.75. The van der Waals surface area contributed by atoms with Gasteiger partial charge in [-0.15, -0.1) is 0 Å². The van der Waals surface area contributed by atoms with Crippen molar-refractivity contribution in [2.45, 2.75) is 39.5 Å². The highest BCUT2D eigenvalue weighted by atomic mass is 16.4. The van der Waals surface area contributed by atoms with Crippen LogP contribution in [0.15, 0.2) is 24.3 Å². The second-order valence-corrected chi connectivity index (χ2v) is 5.13. The molecule has 1 aliphatic rings. The molecule has 0 bridgehead atoms. The number of ketones is 1. The van der Waals surface area contributed by atoms with Crippen LogP contribution in [0.4, 0.5) is 0 Å². The van der Waals surface area contributed by atoms with Gasteiger partial charge in [0.05, 0.1) is 5.97 Å². The first-order chi connectivity index (χ1) is 7.93. The molecule has 0 aromatic heterocycles. The van der Waals surface area contributed by atoms with Gasteiger partial charge in [0, 0.05) is 16.9 Å². The van der Waals surface area contributed by atoms with Crippen LogP contribution < -0.4 is 5.11 Å². The second-order valence-electron chi connectivity index (χ2n) is 5.13. The molecular weight excluding hydrogens is 228 g/mol. The Morgan fingerprint density at radius 2 is 1.67 bits per heavy atom. The zero-order valence-electron chi connectivity index (χ0n) is 10.0. The molecule has 3 heteroatoms. The normalized spacial score (nSPS) is 14.8. The molecule has 1 aliphatic carbocycles. The smallest absolute Gasteiger partial charge is 0.165 e. The Labute approximate surface area is 108 Å². The van der Waals surface area contributed by atoms with Crippen LogP contribution in [-0.4, -0.2) is 11.8 Å². The van der Waals surface area contributed by atoms with Gasteiger partial charge in [0.2, 0.25) is 0 Å². The van der Waals surface area contributed by atoms with Crippen LogP contribution in [0.1, 0.15) is 50.0 Å². The molecule has 3 nitrogen and oxygen atoms in total. The number of carbonyl (C=O) groups is 2. The van der Waals surface area contributed by atoms with E-state index in [0.29, 0.717) is 11.1 Å². The van der Waals surface area contributed by atoms with Crippen molar-refractivity contribution in [1.82, 2.24) is 0 Å². The molecule has 0 atom stereocenters. The summed E-state index contributed by atoms with van der Waals surface area (Å²) in [6, 6.07) is 6.82. The molecule has 1 aromatic rings. The summed E-state index contributed by atoms with van der Waals surface area (Å²) < 4.78 is 0. The first kappa shape index (κ1) is 14.4. The van der Waals surface area contributed by atoms with Crippen LogP contribution in [0, 0.1) is 5.92 Å². The highest BCUT2D eigenvalue weighted by Crippen LogP contribution is 2.33. The van der Waals surface area contributed by atoms with E-state index >= 15 is 0 Å². The molecule has 0 radical (unpaired) electrons. The van der Waals surface area contributed by atoms with Gasteiger partial charge in [-0.25, -0.2) is 0 Å². The topological polar surface area (TPSA) is 57.2 Å². The maximum Gasteiger partial charge on any atom is 0.165 e. The number of aliphatic carboxylic acids is 1. The average Bonchev–Trinajstić information content (AvgIpc) is 3.12. The molecule has 1 fully saturated rings. The maximum absolute atomic E-state index is 11.8. The first-order valence-corrected chi connectivity index (χ1v) is 5.79. The third-order valence-electron chi connectivity index (χ3n) is 3.35. The van der Waals surface area contributed by atoms with Crippen LogP contribution in [0.5, 0.6) is 0 Å². The van der Waals surface area contributed by atoms with Crippen molar-refractivity contribution in [2.75, 3.05) is 0 Å². The fourth-order valence-electron chi connectivity index (χ4n) is 1.75. The van der Waals surface area contributed by atoms with Gasteiger partial charge < -0.3 is 9.90 Å². The zero-order chi connectivity index (χ0) is 12.6. The summed E-state index contributed by atoms with van der Waals surface area (Å²) in [5.74, 6) is -0.753. The molecule has 0 amide bonds. The van der Waals surface area contributed by atoms with Gasteiger partial charge in [0.1, 0.15) is 0 Å². The zero-order valence-corrected chi connectivity index (χ0v) is 10.0. The molecule has 1 saturated carbocycles. The Hall–Kier alpha value is -1.64. The molecule has 0 aliphatic heterocycles. The standard InChI is InChI=1S/C14H16O3.CH4/c1-14(2,13(16)17)11-7-5-10(6-8-11)12(15)9-3-4-9;/h5-9H,3-4H2,1-2H3,(H,16,17);1H4/p-1. The first-order valence-electron chi connectivity index (χ1n) is 5.79. The lowest BCUT2D eigenvalue weighted by Gasteiger charge is -2.26. The number of carboxylic acids is 1. The average molecular weight is 247 g/mol. The van der Waals surface area contributed by atoms with E-state index < -0.39 is 11.4 Å². The monoisotopic (exact) mass is 247 g/mol. The van der Waals surface area contributed by atoms with Crippen LogP contribution in [0.2, 0.25) is 0 Å². The summed E-state index contributed by atoms with van der Waals surface area (Å²) in [7, 11) is 0. The highest BCUT2D eigenvalue weighted by Gasteiger charge is 2.30. The van der Waals surface area contributed by atoms with E-state index in [1.807, 2.05) is 0 Å². The van der Waals surface area contributed by atoms with E-state index in [1.54, 1.807) is 38.1 Å². The molecule has 2 rings (SSSR count). The molecule has 1 aromatic carbocycles. The molecule has 0 unspecified atom stereocenters. The van der Waals surface area contributed by atoms with Crippen molar-refractivity contribution >= 4 is 11.8 Å². The number of benzene rings is 1. The molecular formula is C15H19O3-. The predicted molar refractivity (Wildman–Crippen MR) is 68.3 cm³/mol. The lowest BCUT2D eigenvalue weighted by Crippen LogP contribution is -2.41. The Morgan fingerprint density at radius 1 is 1.17 bits per heavy atom. The van der Waals surface area contributed by atoms with Crippen molar-refractivity contribution in [1.29, 1.82) is 0 Å². The summed E-state index contributed by atoms with van der Waals surface area (Å²) in [4.78, 5) is 22.8. The Balaban J connectivity index is 0.00000162. The van der Waals surface area contributed by atoms with Crippen molar-refractivity contribution in [3.63, 3.8) is 0 Å². The van der Waals surface area contributed by atoms with Crippen LogP contribution >= 0.6 is 0 Å². The highest BCUT2D eigenvalue weighted by molar-refractivity contribution is 5.99. The summed E-state index contributed by atoms with van der Waals surface area (Å²) in [5.41, 5.74) is 0.302. The number of rotatable bonds is 4. The van der Waals surface area contributed by atoms with Crippen molar-refractivity contribution < 1.29 is 14.7 Å². The largest absolute Gasteiger partial charge is 0.549 e. The van der Waals surface area contributed by atoms with Crippen LogP contribution in [0.3, 0.4) is 0 Å². The summed E-state index contributed by atoms with van der Waals surface area (Å²) in [6.45, 7) is 3.19. The molecule has 0 N–H and O–H groups in total. The molecule has 98 valence electrons. The number of carboxylic acid groups (broad SMARTS) is 1. The summed E-state index contributed by atoms with van der Waals surface area (Å²) >= 11 is 0. The molecule has 18 heavy (non-hydrogen) atoms. The third kappa shape index (κ3) is 2.61. The van der Waals surface area contributed by atoms with Crippen molar-refractivity contribution in [2.24, 2.45) is 5.92 Å². The summed E-state index contributed by atoms with van der Waals surface area (Å²) in [5, 5.41) is 11.0. The molecule has 0 heterocycles. The van der Waals surface area contributed by atoms with E-state index in [-0.39, 0.29) is 19.1 Å². The SMILES string of the molecule is C.CC(C)(C(=O)[O-])c1ccc(C(=O)C2CC2)cc1. The number of carbonyl (C=O) groups excluding carboxylic acids is 2. The van der Waals surface area contributed by atoms with E-state index in [0.717, 1.165) is 12.8 Å². The van der Waals surface area contributed by atoms with Crippen molar-refractivity contribution in [3.8, 4) is 0 Å². The van der Waals surface area contributed by atoms with Gasteiger partial charge in [-0.3, -0.25) is 4.79 Å². The quantitative estimate of drug-likeness (QED) is 0.764. The minimum atomic E-state index is -1.11. The van der Waals surface area contributed by atoms with Gasteiger partial charge in [-0.05, 0) is 18.4 Å². The van der Waals surface area contributed by atoms with Crippen LogP contribution in [0.25, 0.3) is 0 Å². The van der Waals surface area contributed by atoms with Gasteiger partial charge in [-0.1, -0.05) is 45.5 Å². The minimum Gasteiger partial charge on any atom is -0.549 e. The minimum absolute atomic E-state index is 0. The molecule has 0 saturated heterocycles. The van der Waals surface area contributed by atoms with E-state index in [4.69, 9.17) is 0 Å². The van der Waals surface area contributed by atoms with E-state index in [9.17, 15) is 14.7 Å². The van der Waals surface area contributed by atoms with E-state index in [1.165, 1.54) is 0 Å². The third-order valence-corrected chi connectivity index (χ3v) is 3.35. The van der Waals surface area contributed by atoms with Gasteiger partial charge in [0.15, 0.2) is 5.78 Å². The molecule has 0 spiro atoms. The second kappa shape index (κ2) is 4.92. The number of hydrogen-bond donors (Lipinski definition) is 0. The number of hydrogen-bond acceptors (Lipinski definition) is 3. The lowest BCUT2D eigenvalue weighted by atomic mass is 9.84. The lowest BCUT2D eigenvalue weighted by molar-refractivity contribution is -0.312. The van der Waals surface area contributed by atoms with Crippen LogP contribution in [-0.2, 0) is 10.2 Å². The Kier molecular flexibility index (Phi) is 3.95. The van der Waals surface area contributed by atoms with E-state index in [2.05, 4.69) is 0 Å². The maximum atomic E-state index is 11.8. The van der Waals surface area contributed by atoms with Gasteiger partial charge in [-0.2, -0.15) is 0 Å². The van der Waals surface area contributed by atoms with Gasteiger partial charge in [0.25, 0.3) is 0 Å². The Morgan fingerprint density at radius 3 is 2.06 bits per heavy atom. The predicted octanol–water partition coefficient (Wildman–Crippen LogP) is 1.94. The number of Topliss-reactive ketones (excluding diaryl/α,β-unsaturated/α-hetero) is 1. The Bertz CT molecular complexity index is 453. The summed E-state index contributed by atoms with van der Waals surface area (Å²) in [6.07, 6.45) is 1.95. The van der Waals surface area contributed by atoms with Gasteiger partial charge >= 0.3 is 0 Å².